The van der Waals surface area contributed by atoms with E-state index in [9.17, 15) is 4.39 Å². The van der Waals surface area contributed by atoms with Gasteiger partial charge >= 0.3 is 0 Å². The van der Waals surface area contributed by atoms with Gasteiger partial charge in [0.15, 0.2) is 0 Å². The molecular formula is C13H20FNO. The van der Waals surface area contributed by atoms with Crippen LogP contribution in [0.4, 0.5) is 4.39 Å². The summed E-state index contributed by atoms with van der Waals surface area (Å²) in [5, 5.41) is 3.35. The lowest BCUT2D eigenvalue weighted by molar-refractivity contribution is 0.397. The minimum absolute atomic E-state index is 0.0908. The molecule has 2 nitrogen and oxygen atoms in total. The van der Waals surface area contributed by atoms with Gasteiger partial charge in [0.2, 0.25) is 0 Å². The molecule has 1 unspecified atom stereocenters. The molecule has 0 radical (unpaired) electrons. The van der Waals surface area contributed by atoms with Crippen molar-refractivity contribution >= 4 is 0 Å². The zero-order valence-corrected chi connectivity index (χ0v) is 10.4. The summed E-state index contributed by atoms with van der Waals surface area (Å²) in [5.41, 5.74) is 0.864. The van der Waals surface area contributed by atoms with Gasteiger partial charge in [-0.15, -0.1) is 0 Å². The van der Waals surface area contributed by atoms with Gasteiger partial charge in [-0.3, -0.25) is 0 Å². The van der Waals surface area contributed by atoms with Gasteiger partial charge in [-0.05, 0) is 37.6 Å². The molecule has 90 valence electrons. The molecule has 16 heavy (non-hydrogen) atoms. The van der Waals surface area contributed by atoms with Crippen molar-refractivity contribution in [2.24, 2.45) is 5.92 Å². The van der Waals surface area contributed by atoms with Crippen LogP contribution in [0.25, 0.3) is 0 Å². The third-order valence-corrected chi connectivity index (χ3v) is 2.49. The number of ether oxygens (including phenoxy) is 1. The van der Waals surface area contributed by atoms with Gasteiger partial charge in [0.05, 0.1) is 7.11 Å². The molecule has 1 aromatic carbocycles. The molecule has 0 fully saturated rings. The first-order valence-electron chi connectivity index (χ1n) is 5.61. The first-order valence-corrected chi connectivity index (χ1v) is 5.61. The molecule has 0 bridgehead atoms. The smallest absolute Gasteiger partial charge is 0.123 e. The van der Waals surface area contributed by atoms with Crippen molar-refractivity contribution in [1.82, 2.24) is 5.32 Å². The summed E-state index contributed by atoms with van der Waals surface area (Å²) in [5.74, 6) is 1.07. The van der Waals surface area contributed by atoms with Crippen molar-refractivity contribution in [2.75, 3.05) is 13.7 Å². The maximum atomic E-state index is 13.2. The summed E-state index contributed by atoms with van der Waals surface area (Å²) in [6.07, 6.45) is 0. The second-order valence-corrected chi connectivity index (χ2v) is 4.41. The van der Waals surface area contributed by atoms with Crippen LogP contribution in [0, 0.1) is 11.7 Å². The largest absolute Gasteiger partial charge is 0.496 e. The Labute approximate surface area is 96.8 Å². The molecule has 1 aromatic rings. The van der Waals surface area contributed by atoms with Crippen LogP contribution in [-0.2, 0) is 0 Å². The number of methoxy groups -OCH3 is 1. The Morgan fingerprint density at radius 1 is 1.31 bits per heavy atom. The highest BCUT2D eigenvalue weighted by molar-refractivity contribution is 5.36. The molecule has 0 saturated heterocycles. The molecule has 0 heterocycles. The van der Waals surface area contributed by atoms with E-state index in [2.05, 4.69) is 19.2 Å². The Hall–Kier alpha value is -1.09. The van der Waals surface area contributed by atoms with E-state index in [-0.39, 0.29) is 11.9 Å². The number of halogens is 1. The molecule has 1 N–H and O–H groups in total. The molecule has 0 aliphatic rings. The lowest BCUT2D eigenvalue weighted by Crippen LogP contribution is -2.23. The van der Waals surface area contributed by atoms with E-state index >= 15 is 0 Å². The fourth-order valence-corrected chi connectivity index (χ4v) is 1.57. The second-order valence-electron chi connectivity index (χ2n) is 4.41. The normalized spacial score (nSPS) is 12.9. The fraction of sp³-hybridized carbons (Fsp3) is 0.538. The average Bonchev–Trinajstić information content (AvgIpc) is 2.25. The number of benzene rings is 1. The fourth-order valence-electron chi connectivity index (χ4n) is 1.57. The number of nitrogens with one attached hydrogen (secondary N) is 1. The van der Waals surface area contributed by atoms with Crippen LogP contribution in [0.15, 0.2) is 18.2 Å². The SMILES string of the molecule is COc1ccc(F)cc1C(C)NCC(C)C. The van der Waals surface area contributed by atoms with Crippen molar-refractivity contribution in [1.29, 1.82) is 0 Å². The van der Waals surface area contributed by atoms with Crippen molar-refractivity contribution in [3.63, 3.8) is 0 Å². The monoisotopic (exact) mass is 225 g/mol. The first-order chi connectivity index (χ1) is 7.54. The Bertz CT molecular complexity index is 339. The van der Waals surface area contributed by atoms with E-state index in [1.54, 1.807) is 13.2 Å². The van der Waals surface area contributed by atoms with Crippen LogP contribution in [0.5, 0.6) is 5.75 Å². The number of rotatable bonds is 5. The predicted molar refractivity (Wildman–Crippen MR) is 64.2 cm³/mol. The predicted octanol–water partition coefficient (Wildman–Crippen LogP) is 3.14. The van der Waals surface area contributed by atoms with Crippen LogP contribution in [0.3, 0.4) is 0 Å². The van der Waals surface area contributed by atoms with E-state index in [4.69, 9.17) is 4.74 Å². The molecule has 0 aliphatic heterocycles. The number of hydrogen-bond acceptors (Lipinski definition) is 2. The minimum Gasteiger partial charge on any atom is -0.496 e. The summed E-state index contributed by atoms with van der Waals surface area (Å²) < 4.78 is 18.4. The van der Waals surface area contributed by atoms with Gasteiger partial charge in [-0.25, -0.2) is 4.39 Å². The van der Waals surface area contributed by atoms with Crippen LogP contribution >= 0.6 is 0 Å². The van der Waals surface area contributed by atoms with Crippen LogP contribution < -0.4 is 10.1 Å². The molecule has 0 spiro atoms. The third-order valence-electron chi connectivity index (χ3n) is 2.49. The topological polar surface area (TPSA) is 21.3 Å². The zero-order chi connectivity index (χ0) is 12.1. The van der Waals surface area contributed by atoms with E-state index in [0.717, 1.165) is 17.9 Å². The Kier molecular flexibility index (Phi) is 4.74. The molecule has 1 atom stereocenters. The molecule has 3 heteroatoms. The summed E-state index contributed by atoms with van der Waals surface area (Å²) in [6, 6.07) is 4.69. The van der Waals surface area contributed by atoms with Crippen molar-refractivity contribution < 1.29 is 9.13 Å². The molecule has 0 aliphatic carbocycles. The van der Waals surface area contributed by atoms with E-state index in [1.165, 1.54) is 12.1 Å². The van der Waals surface area contributed by atoms with E-state index in [0.29, 0.717) is 5.92 Å². The number of hydrogen-bond donors (Lipinski definition) is 1. The van der Waals surface area contributed by atoms with Gasteiger partial charge in [-0.2, -0.15) is 0 Å². The Morgan fingerprint density at radius 3 is 2.56 bits per heavy atom. The first kappa shape index (κ1) is 13.0. The standard InChI is InChI=1S/C13H20FNO/c1-9(2)8-15-10(3)12-7-11(14)5-6-13(12)16-4/h5-7,9-10,15H,8H2,1-4H3. The van der Waals surface area contributed by atoms with Gasteiger partial charge in [-0.1, -0.05) is 13.8 Å². The quantitative estimate of drug-likeness (QED) is 0.831. The zero-order valence-electron chi connectivity index (χ0n) is 10.4. The molecule has 0 amide bonds. The van der Waals surface area contributed by atoms with Crippen LogP contribution in [-0.4, -0.2) is 13.7 Å². The molecular weight excluding hydrogens is 205 g/mol. The van der Waals surface area contributed by atoms with Crippen molar-refractivity contribution in [2.45, 2.75) is 26.8 Å². The highest BCUT2D eigenvalue weighted by Crippen LogP contribution is 2.25. The minimum atomic E-state index is -0.228. The van der Waals surface area contributed by atoms with Crippen LogP contribution in [0.1, 0.15) is 32.4 Å². The Morgan fingerprint density at radius 2 is 2.00 bits per heavy atom. The second kappa shape index (κ2) is 5.85. The highest BCUT2D eigenvalue weighted by Gasteiger charge is 2.12. The van der Waals surface area contributed by atoms with E-state index in [1.807, 2.05) is 6.92 Å². The van der Waals surface area contributed by atoms with Gasteiger partial charge in [0.25, 0.3) is 0 Å². The average molecular weight is 225 g/mol. The van der Waals surface area contributed by atoms with E-state index < -0.39 is 0 Å². The summed E-state index contributed by atoms with van der Waals surface area (Å²) in [6.45, 7) is 7.20. The lowest BCUT2D eigenvalue weighted by Gasteiger charge is -2.18. The Balaban J connectivity index is 2.80. The van der Waals surface area contributed by atoms with Gasteiger partial charge < -0.3 is 10.1 Å². The maximum absolute atomic E-state index is 13.2. The summed E-state index contributed by atoms with van der Waals surface area (Å²) >= 11 is 0. The van der Waals surface area contributed by atoms with Gasteiger partial charge in [0.1, 0.15) is 11.6 Å². The van der Waals surface area contributed by atoms with Gasteiger partial charge in [0, 0.05) is 11.6 Å². The van der Waals surface area contributed by atoms with Crippen molar-refractivity contribution in [3.05, 3.63) is 29.6 Å². The van der Waals surface area contributed by atoms with Crippen LogP contribution in [0.2, 0.25) is 0 Å². The van der Waals surface area contributed by atoms with Crippen molar-refractivity contribution in [3.8, 4) is 5.75 Å². The summed E-state index contributed by atoms with van der Waals surface area (Å²) in [7, 11) is 1.60. The maximum Gasteiger partial charge on any atom is 0.123 e. The highest BCUT2D eigenvalue weighted by atomic mass is 19.1. The molecule has 0 saturated carbocycles. The summed E-state index contributed by atoms with van der Waals surface area (Å²) in [4.78, 5) is 0. The molecule has 0 aromatic heterocycles. The lowest BCUT2D eigenvalue weighted by atomic mass is 10.1. The molecule has 1 rings (SSSR count). The third kappa shape index (κ3) is 3.49.